The van der Waals surface area contributed by atoms with Gasteiger partial charge in [-0.05, 0) is 53.9 Å². The largest absolute Gasteiger partial charge is 0.354 e. The predicted molar refractivity (Wildman–Crippen MR) is 87.6 cm³/mol. The minimum absolute atomic E-state index is 0.342. The third-order valence-electron chi connectivity index (χ3n) is 3.59. The number of nitrogens with one attached hydrogen (secondary N) is 1. The van der Waals surface area contributed by atoms with Crippen molar-refractivity contribution in [2.45, 2.75) is 25.8 Å². The van der Waals surface area contributed by atoms with Crippen LogP contribution in [-0.2, 0) is 0 Å². The Labute approximate surface area is 133 Å². The molecule has 0 aromatic carbocycles. The van der Waals surface area contributed by atoms with Crippen LogP contribution in [-0.4, -0.2) is 34.1 Å². The number of anilines is 2. The highest BCUT2D eigenvalue weighted by Gasteiger charge is 2.22. The minimum atomic E-state index is 0.342. The molecule has 6 heteroatoms. The van der Waals surface area contributed by atoms with E-state index in [0.717, 1.165) is 41.9 Å². The first-order valence-corrected chi connectivity index (χ1v) is 7.93. The molecular formula is C15H18BrN5. The Morgan fingerprint density at radius 1 is 1.29 bits per heavy atom. The summed E-state index contributed by atoms with van der Waals surface area (Å²) in [6.07, 6.45) is 5.88. The number of halogens is 1. The van der Waals surface area contributed by atoms with Crippen molar-refractivity contribution in [3.63, 3.8) is 0 Å². The Morgan fingerprint density at radius 2 is 2.19 bits per heavy atom. The molecule has 110 valence electrons. The third kappa shape index (κ3) is 3.50. The van der Waals surface area contributed by atoms with Crippen molar-refractivity contribution >= 4 is 27.7 Å². The van der Waals surface area contributed by atoms with E-state index < -0.39 is 0 Å². The van der Waals surface area contributed by atoms with E-state index in [0.29, 0.717) is 12.0 Å². The van der Waals surface area contributed by atoms with E-state index in [1.807, 2.05) is 31.3 Å². The van der Waals surface area contributed by atoms with E-state index in [1.165, 1.54) is 0 Å². The maximum absolute atomic E-state index is 4.48. The Hall–Kier alpha value is -1.69. The zero-order valence-corrected chi connectivity index (χ0v) is 13.5. The SMILES string of the molecule is Cc1ccnc(NC2CCCN(c3ncccc3Br)C2)n1. The van der Waals surface area contributed by atoms with Crippen LogP contribution in [0.25, 0.3) is 0 Å². The van der Waals surface area contributed by atoms with Gasteiger partial charge < -0.3 is 10.2 Å². The average molecular weight is 348 g/mol. The standard InChI is InChI=1S/C15H18BrN5/c1-11-6-8-18-15(19-11)20-12-4-3-9-21(10-12)14-13(16)5-2-7-17-14/h2,5-8,12H,3-4,9-10H2,1H3,(H,18,19,20). The molecule has 0 bridgehead atoms. The van der Waals surface area contributed by atoms with Gasteiger partial charge in [0.15, 0.2) is 0 Å². The first kappa shape index (κ1) is 14.3. The molecule has 1 aliphatic rings. The number of nitrogens with zero attached hydrogens (tertiary/aromatic N) is 4. The van der Waals surface area contributed by atoms with Gasteiger partial charge in [0, 0.05) is 37.2 Å². The summed E-state index contributed by atoms with van der Waals surface area (Å²) >= 11 is 3.58. The van der Waals surface area contributed by atoms with E-state index in [4.69, 9.17) is 0 Å². The fraction of sp³-hybridized carbons (Fsp3) is 0.400. The van der Waals surface area contributed by atoms with Crippen LogP contribution >= 0.6 is 15.9 Å². The van der Waals surface area contributed by atoms with Crippen molar-refractivity contribution in [1.82, 2.24) is 15.0 Å². The summed E-state index contributed by atoms with van der Waals surface area (Å²) < 4.78 is 1.04. The third-order valence-corrected chi connectivity index (χ3v) is 4.21. The molecule has 21 heavy (non-hydrogen) atoms. The first-order valence-electron chi connectivity index (χ1n) is 7.14. The Bertz CT molecular complexity index is 619. The van der Waals surface area contributed by atoms with Crippen molar-refractivity contribution in [2.75, 3.05) is 23.3 Å². The van der Waals surface area contributed by atoms with Crippen molar-refractivity contribution in [3.05, 3.63) is 40.8 Å². The highest BCUT2D eigenvalue weighted by atomic mass is 79.9. The van der Waals surface area contributed by atoms with Crippen molar-refractivity contribution in [3.8, 4) is 0 Å². The zero-order valence-electron chi connectivity index (χ0n) is 12.0. The van der Waals surface area contributed by atoms with Crippen LogP contribution in [0.15, 0.2) is 35.1 Å². The number of hydrogen-bond acceptors (Lipinski definition) is 5. The van der Waals surface area contributed by atoms with Gasteiger partial charge in [-0.25, -0.2) is 15.0 Å². The molecule has 3 heterocycles. The fourth-order valence-corrected chi connectivity index (χ4v) is 3.10. The second-order valence-corrected chi connectivity index (χ2v) is 6.11. The lowest BCUT2D eigenvalue weighted by molar-refractivity contribution is 0.523. The summed E-state index contributed by atoms with van der Waals surface area (Å²) in [5.41, 5.74) is 0.979. The quantitative estimate of drug-likeness (QED) is 0.924. The van der Waals surface area contributed by atoms with Gasteiger partial charge in [0.1, 0.15) is 5.82 Å². The normalized spacial score (nSPS) is 18.6. The molecular weight excluding hydrogens is 330 g/mol. The lowest BCUT2D eigenvalue weighted by atomic mass is 10.1. The molecule has 3 rings (SSSR count). The molecule has 0 spiro atoms. The summed E-state index contributed by atoms with van der Waals surface area (Å²) in [7, 11) is 0. The molecule has 0 amide bonds. The van der Waals surface area contributed by atoms with Gasteiger partial charge in [-0.3, -0.25) is 0 Å². The number of aryl methyl sites for hydroxylation is 1. The summed E-state index contributed by atoms with van der Waals surface area (Å²) in [6.45, 7) is 3.92. The maximum atomic E-state index is 4.48. The predicted octanol–water partition coefficient (Wildman–Crippen LogP) is 3.02. The van der Waals surface area contributed by atoms with Gasteiger partial charge in [0.2, 0.25) is 5.95 Å². The minimum Gasteiger partial charge on any atom is -0.354 e. The summed E-state index contributed by atoms with van der Waals surface area (Å²) in [5, 5.41) is 3.43. The second kappa shape index (κ2) is 6.39. The molecule has 1 saturated heterocycles. The molecule has 0 saturated carbocycles. The lowest BCUT2D eigenvalue weighted by Gasteiger charge is -2.34. The fourth-order valence-electron chi connectivity index (χ4n) is 2.60. The molecule has 1 atom stereocenters. The van der Waals surface area contributed by atoms with Gasteiger partial charge in [0.25, 0.3) is 0 Å². The highest BCUT2D eigenvalue weighted by Crippen LogP contribution is 2.26. The Balaban J connectivity index is 1.70. The Morgan fingerprint density at radius 3 is 3.00 bits per heavy atom. The number of hydrogen-bond donors (Lipinski definition) is 1. The van der Waals surface area contributed by atoms with Crippen molar-refractivity contribution in [2.24, 2.45) is 0 Å². The van der Waals surface area contributed by atoms with E-state index >= 15 is 0 Å². The zero-order chi connectivity index (χ0) is 14.7. The number of pyridine rings is 1. The average Bonchev–Trinajstić information content (AvgIpc) is 2.48. The van der Waals surface area contributed by atoms with Crippen LogP contribution in [0.3, 0.4) is 0 Å². The van der Waals surface area contributed by atoms with Crippen LogP contribution in [0.5, 0.6) is 0 Å². The van der Waals surface area contributed by atoms with E-state index in [-0.39, 0.29) is 0 Å². The molecule has 0 aliphatic carbocycles. The number of aromatic nitrogens is 3. The van der Waals surface area contributed by atoms with Gasteiger partial charge in [-0.15, -0.1) is 0 Å². The molecule has 1 N–H and O–H groups in total. The Kier molecular flexibility index (Phi) is 4.34. The van der Waals surface area contributed by atoms with E-state index in [2.05, 4.69) is 41.1 Å². The summed E-state index contributed by atoms with van der Waals surface area (Å²) in [4.78, 5) is 15.5. The number of rotatable bonds is 3. The van der Waals surface area contributed by atoms with Crippen LogP contribution in [0, 0.1) is 6.92 Å². The topological polar surface area (TPSA) is 53.9 Å². The van der Waals surface area contributed by atoms with Crippen LogP contribution in [0.4, 0.5) is 11.8 Å². The van der Waals surface area contributed by atoms with Gasteiger partial charge in [-0.2, -0.15) is 0 Å². The molecule has 2 aromatic heterocycles. The highest BCUT2D eigenvalue weighted by molar-refractivity contribution is 9.10. The van der Waals surface area contributed by atoms with Crippen molar-refractivity contribution < 1.29 is 0 Å². The molecule has 0 radical (unpaired) electrons. The van der Waals surface area contributed by atoms with Gasteiger partial charge in [-0.1, -0.05) is 0 Å². The van der Waals surface area contributed by atoms with Crippen LogP contribution < -0.4 is 10.2 Å². The van der Waals surface area contributed by atoms with Gasteiger partial charge >= 0.3 is 0 Å². The smallest absolute Gasteiger partial charge is 0.223 e. The summed E-state index contributed by atoms with van der Waals surface area (Å²) in [6, 6.07) is 6.22. The van der Waals surface area contributed by atoms with Crippen molar-refractivity contribution in [1.29, 1.82) is 0 Å². The van der Waals surface area contributed by atoms with Gasteiger partial charge in [0.05, 0.1) is 4.47 Å². The molecule has 5 nitrogen and oxygen atoms in total. The number of piperidine rings is 1. The van der Waals surface area contributed by atoms with Crippen LogP contribution in [0.1, 0.15) is 18.5 Å². The first-order chi connectivity index (χ1) is 10.2. The molecule has 2 aromatic rings. The maximum Gasteiger partial charge on any atom is 0.223 e. The molecule has 1 fully saturated rings. The monoisotopic (exact) mass is 347 g/mol. The summed E-state index contributed by atoms with van der Waals surface area (Å²) in [5.74, 6) is 1.72. The molecule has 1 unspecified atom stereocenters. The van der Waals surface area contributed by atoms with Crippen LogP contribution in [0.2, 0.25) is 0 Å². The lowest BCUT2D eigenvalue weighted by Crippen LogP contribution is -2.43. The van der Waals surface area contributed by atoms with E-state index in [1.54, 1.807) is 6.20 Å². The molecule has 1 aliphatic heterocycles. The van der Waals surface area contributed by atoms with E-state index in [9.17, 15) is 0 Å². The second-order valence-electron chi connectivity index (χ2n) is 5.26.